The Morgan fingerprint density at radius 1 is 1.12 bits per heavy atom. The second-order valence-electron chi connectivity index (χ2n) is 6.90. The third-order valence-electron chi connectivity index (χ3n) is 5.25. The zero-order valence-corrected chi connectivity index (χ0v) is 15.7. The number of fused-ring (bicyclic) bond motifs is 1. The molecule has 1 aliphatic carbocycles. The van der Waals surface area contributed by atoms with E-state index in [1.165, 1.54) is 4.88 Å². The first kappa shape index (κ1) is 17.1. The van der Waals surface area contributed by atoms with E-state index in [0.29, 0.717) is 26.2 Å². The highest BCUT2D eigenvalue weighted by Crippen LogP contribution is 2.35. The number of aryl methyl sites for hydroxylation is 1. The Morgan fingerprint density at radius 2 is 1.81 bits per heavy atom. The van der Waals surface area contributed by atoms with E-state index in [9.17, 15) is 9.59 Å². The zero-order valence-electron chi connectivity index (χ0n) is 14.9. The van der Waals surface area contributed by atoms with Crippen molar-refractivity contribution in [2.24, 2.45) is 5.92 Å². The summed E-state index contributed by atoms with van der Waals surface area (Å²) in [4.78, 5) is 38.2. The van der Waals surface area contributed by atoms with E-state index >= 15 is 0 Å². The predicted octanol–water partition coefficient (Wildman–Crippen LogP) is 2.00. The van der Waals surface area contributed by atoms with Gasteiger partial charge in [0, 0.05) is 61.9 Å². The molecular formula is C19H22N4O2S. The number of aromatic nitrogens is 2. The summed E-state index contributed by atoms with van der Waals surface area (Å²) in [6.45, 7) is 4.17. The van der Waals surface area contributed by atoms with Crippen LogP contribution < -0.4 is 0 Å². The van der Waals surface area contributed by atoms with Crippen molar-refractivity contribution in [2.75, 3.05) is 26.2 Å². The van der Waals surface area contributed by atoms with Gasteiger partial charge in [-0.2, -0.15) is 0 Å². The fourth-order valence-corrected chi connectivity index (χ4v) is 4.90. The van der Waals surface area contributed by atoms with E-state index < -0.39 is 0 Å². The monoisotopic (exact) mass is 370 g/mol. The van der Waals surface area contributed by atoms with Gasteiger partial charge in [-0.15, -0.1) is 11.3 Å². The first-order chi connectivity index (χ1) is 12.6. The van der Waals surface area contributed by atoms with E-state index in [1.54, 1.807) is 30.7 Å². The zero-order chi connectivity index (χ0) is 18.1. The van der Waals surface area contributed by atoms with Gasteiger partial charge < -0.3 is 9.80 Å². The van der Waals surface area contributed by atoms with E-state index in [-0.39, 0.29) is 17.7 Å². The Bertz CT molecular complexity index is 812. The maximum Gasteiger partial charge on any atom is 0.226 e. The molecule has 0 N–H and O–H groups in total. The van der Waals surface area contributed by atoms with E-state index in [2.05, 4.69) is 4.98 Å². The van der Waals surface area contributed by atoms with Gasteiger partial charge in [-0.25, -0.2) is 4.98 Å². The summed E-state index contributed by atoms with van der Waals surface area (Å²) in [6, 6.07) is 3.95. The van der Waals surface area contributed by atoms with Gasteiger partial charge >= 0.3 is 0 Å². The molecule has 2 aromatic heterocycles. The Kier molecular flexibility index (Phi) is 4.72. The van der Waals surface area contributed by atoms with Crippen LogP contribution in [0.2, 0.25) is 0 Å². The minimum absolute atomic E-state index is 0.0390. The Balaban J connectivity index is 1.43. The Hall–Kier alpha value is -2.28. The van der Waals surface area contributed by atoms with Crippen LogP contribution in [0, 0.1) is 5.92 Å². The van der Waals surface area contributed by atoms with E-state index in [1.807, 2.05) is 21.9 Å². The van der Waals surface area contributed by atoms with Crippen molar-refractivity contribution in [3.8, 4) is 10.6 Å². The number of thiazole rings is 1. The van der Waals surface area contributed by atoms with Crippen LogP contribution in [-0.4, -0.2) is 57.8 Å². The molecule has 0 radical (unpaired) electrons. The van der Waals surface area contributed by atoms with Gasteiger partial charge in [0.25, 0.3) is 0 Å². The van der Waals surface area contributed by atoms with Crippen LogP contribution >= 0.6 is 11.3 Å². The van der Waals surface area contributed by atoms with Crippen molar-refractivity contribution in [3.63, 3.8) is 0 Å². The smallest absolute Gasteiger partial charge is 0.226 e. The highest BCUT2D eigenvalue weighted by Gasteiger charge is 2.32. The van der Waals surface area contributed by atoms with Crippen molar-refractivity contribution in [2.45, 2.75) is 26.2 Å². The lowest BCUT2D eigenvalue weighted by Crippen LogP contribution is -2.51. The van der Waals surface area contributed by atoms with Crippen LogP contribution in [0.15, 0.2) is 24.5 Å². The topological polar surface area (TPSA) is 66.4 Å². The Labute approximate surface area is 156 Å². The first-order valence-electron chi connectivity index (χ1n) is 9.05. The van der Waals surface area contributed by atoms with Crippen LogP contribution in [0.1, 0.15) is 23.9 Å². The van der Waals surface area contributed by atoms with Gasteiger partial charge in [0.2, 0.25) is 11.8 Å². The molecule has 26 heavy (non-hydrogen) atoms. The quantitative estimate of drug-likeness (QED) is 0.811. The third-order valence-corrected chi connectivity index (χ3v) is 6.42. The molecule has 7 heteroatoms. The number of pyridine rings is 1. The lowest BCUT2D eigenvalue weighted by Gasteiger charge is -2.36. The van der Waals surface area contributed by atoms with Gasteiger partial charge in [0.05, 0.1) is 5.69 Å². The number of nitrogens with zero attached hydrogens (tertiary/aromatic N) is 4. The summed E-state index contributed by atoms with van der Waals surface area (Å²) in [5.41, 5.74) is 2.23. The fourth-order valence-electron chi connectivity index (χ4n) is 3.70. The molecule has 2 amide bonds. The van der Waals surface area contributed by atoms with Crippen molar-refractivity contribution in [3.05, 3.63) is 35.1 Å². The van der Waals surface area contributed by atoms with Crippen molar-refractivity contribution in [1.29, 1.82) is 0 Å². The summed E-state index contributed by atoms with van der Waals surface area (Å²) < 4.78 is 0. The van der Waals surface area contributed by atoms with Crippen molar-refractivity contribution < 1.29 is 9.59 Å². The normalized spacial score (nSPS) is 20.0. The average molecular weight is 370 g/mol. The van der Waals surface area contributed by atoms with Crippen LogP contribution in [0.25, 0.3) is 10.6 Å². The lowest BCUT2D eigenvalue weighted by molar-refractivity contribution is -0.141. The van der Waals surface area contributed by atoms with Crippen LogP contribution in [0.4, 0.5) is 0 Å². The fraction of sp³-hybridized carbons (Fsp3) is 0.474. The molecule has 136 valence electrons. The molecule has 1 atom stereocenters. The molecule has 1 unspecified atom stereocenters. The van der Waals surface area contributed by atoms with Crippen molar-refractivity contribution in [1.82, 2.24) is 19.8 Å². The first-order valence-corrected chi connectivity index (χ1v) is 9.87. The average Bonchev–Trinajstić information content (AvgIpc) is 3.11. The minimum Gasteiger partial charge on any atom is -0.339 e. The minimum atomic E-state index is 0.0390. The molecule has 0 bridgehead atoms. The van der Waals surface area contributed by atoms with Crippen LogP contribution in [0.5, 0.6) is 0 Å². The van der Waals surface area contributed by atoms with Gasteiger partial charge in [-0.1, -0.05) is 0 Å². The molecular weight excluding hydrogens is 348 g/mol. The van der Waals surface area contributed by atoms with Gasteiger partial charge in [-0.3, -0.25) is 14.6 Å². The summed E-state index contributed by atoms with van der Waals surface area (Å²) >= 11 is 1.70. The predicted molar refractivity (Wildman–Crippen MR) is 99.7 cm³/mol. The molecule has 0 spiro atoms. The molecule has 4 rings (SSSR count). The van der Waals surface area contributed by atoms with Gasteiger partial charge in [0.1, 0.15) is 5.01 Å². The summed E-state index contributed by atoms with van der Waals surface area (Å²) in [7, 11) is 0. The molecule has 2 aromatic rings. The number of amides is 2. The molecule has 1 fully saturated rings. The molecule has 3 heterocycles. The second kappa shape index (κ2) is 7.15. The lowest BCUT2D eigenvalue weighted by atomic mass is 9.89. The number of rotatable bonds is 2. The largest absolute Gasteiger partial charge is 0.339 e. The standard InChI is InChI=1S/C19H22N4O2S/c1-13(24)22-8-10-23(11-9-22)19(25)15-2-3-16-17(12-15)26-18(21-16)14-4-6-20-7-5-14/h4-7,15H,2-3,8-12H2,1H3. The number of carbonyl (C=O) groups is 2. The molecule has 0 saturated carbocycles. The van der Waals surface area contributed by atoms with Gasteiger partial charge in [-0.05, 0) is 31.4 Å². The third kappa shape index (κ3) is 3.35. The maximum atomic E-state index is 12.9. The Morgan fingerprint density at radius 3 is 2.50 bits per heavy atom. The second-order valence-corrected chi connectivity index (χ2v) is 7.98. The molecule has 6 nitrogen and oxygen atoms in total. The molecule has 1 saturated heterocycles. The van der Waals surface area contributed by atoms with Gasteiger partial charge in [0.15, 0.2) is 0 Å². The highest BCUT2D eigenvalue weighted by atomic mass is 32.1. The van der Waals surface area contributed by atoms with E-state index in [4.69, 9.17) is 4.98 Å². The van der Waals surface area contributed by atoms with Crippen LogP contribution in [0.3, 0.4) is 0 Å². The molecule has 1 aliphatic heterocycles. The number of piperazine rings is 1. The highest BCUT2D eigenvalue weighted by molar-refractivity contribution is 7.15. The number of hydrogen-bond acceptors (Lipinski definition) is 5. The summed E-state index contributed by atoms with van der Waals surface area (Å²) in [6.07, 6.45) is 6.06. The summed E-state index contributed by atoms with van der Waals surface area (Å²) in [5, 5.41) is 1.01. The number of hydrogen-bond donors (Lipinski definition) is 0. The molecule has 2 aliphatic rings. The van der Waals surface area contributed by atoms with E-state index in [0.717, 1.165) is 35.5 Å². The maximum absolute atomic E-state index is 12.9. The van der Waals surface area contributed by atoms with Crippen LogP contribution in [-0.2, 0) is 22.4 Å². The molecule has 0 aromatic carbocycles. The number of carbonyl (C=O) groups excluding carboxylic acids is 2. The van der Waals surface area contributed by atoms with Crippen molar-refractivity contribution >= 4 is 23.2 Å². The SMILES string of the molecule is CC(=O)N1CCN(C(=O)C2CCc3nc(-c4ccncc4)sc3C2)CC1. The summed E-state index contributed by atoms with van der Waals surface area (Å²) in [5.74, 6) is 0.363.